The molecule has 8 nitrogen and oxygen atoms in total. The minimum absolute atomic E-state index is 0.140. The molecule has 2 atom stereocenters. The van der Waals surface area contributed by atoms with Crippen LogP contribution in [0.4, 0.5) is 4.79 Å². The third kappa shape index (κ3) is 3.47. The Morgan fingerprint density at radius 2 is 2.14 bits per heavy atom. The molecule has 0 aromatic heterocycles. The van der Waals surface area contributed by atoms with Crippen molar-refractivity contribution in [1.29, 1.82) is 0 Å². The lowest BCUT2D eigenvalue weighted by Crippen LogP contribution is -2.56. The van der Waals surface area contributed by atoms with Gasteiger partial charge in [0.15, 0.2) is 0 Å². The molecule has 0 saturated carbocycles. The molecule has 0 radical (unpaired) electrons. The molecule has 9 heteroatoms. The van der Waals surface area contributed by atoms with Crippen molar-refractivity contribution in [3.8, 4) is 0 Å². The molecule has 1 fully saturated rings. The van der Waals surface area contributed by atoms with Gasteiger partial charge in [-0.05, 0) is 19.3 Å². The third-order valence-electron chi connectivity index (χ3n) is 3.64. The van der Waals surface area contributed by atoms with Crippen LogP contribution in [-0.2, 0) is 19.6 Å². The summed E-state index contributed by atoms with van der Waals surface area (Å²) in [7, 11) is -1.21. The van der Waals surface area contributed by atoms with Crippen LogP contribution in [0.2, 0.25) is 0 Å². The molecule has 0 aromatic carbocycles. The Morgan fingerprint density at radius 1 is 1.43 bits per heavy atom. The molecule has 1 saturated heterocycles. The van der Waals surface area contributed by atoms with Crippen molar-refractivity contribution in [2.24, 2.45) is 0 Å². The predicted molar refractivity (Wildman–Crippen MR) is 74.7 cm³/mol. The van der Waals surface area contributed by atoms with Crippen molar-refractivity contribution in [2.75, 3.05) is 27.2 Å². The van der Waals surface area contributed by atoms with E-state index in [-0.39, 0.29) is 12.6 Å². The number of sulfonamides is 1. The van der Waals surface area contributed by atoms with E-state index in [4.69, 9.17) is 4.74 Å². The van der Waals surface area contributed by atoms with Crippen LogP contribution in [0.25, 0.3) is 0 Å². The van der Waals surface area contributed by atoms with Crippen molar-refractivity contribution >= 4 is 28.2 Å². The van der Waals surface area contributed by atoms with Gasteiger partial charge >= 0.3 is 11.9 Å². The minimum Gasteiger partial charge on any atom is -0.377 e. The van der Waals surface area contributed by atoms with Gasteiger partial charge < -0.3 is 4.74 Å². The molecule has 0 aromatic rings. The van der Waals surface area contributed by atoms with Crippen LogP contribution in [0, 0.1) is 0 Å². The molecule has 0 bridgehead atoms. The number of ether oxygens (including phenoxy) is 1. The number of hydrogen-bond donors (Lipinski definition) is 1. The van der Waals surface area contributed by atoms with Gasteiger partial charge in [-0.2, -0.15) is 9.69 Å². The van der Waals surface area contributed by atoms with Gasteiger partial charge in [0.2, 0.25) is 15.3 Å². The molecule has 21 heavy (non-hydrogen) atoms. The molecule has 2 aliphatic heterocycles. The Hall–Kier alpha value is -1.32. The van der Waals surface area contributed by atoms with Gasteiger partial charge in [-0.25, -0.2) is 22.5 Å². The highest BCUT2D eigenvalue weighted by Crippen LogP contribution is 2.13. The highest BCUT2D eigenvalue weighted by Gasteiger charge is 2.46. The van der Waals surface area contributed by atoms with Gasteiger partial charge in [0.05, 0.1) is 20.2 Å². The van der Waals surface area contributed by atoms with E-state index in [2.05, 4.69) is 4.72 Å². The summed E-state index contributed by atoms with van der Waals surface area (Å²) in [4.78, 5) is 24.4. The largest absolute Gasteiger partial charge is 0.500 e. The molecule has 2 rings (SSSR count). The smallest absolute Gasteiger partial charge is 0.377 e. The van der Waals surface area contributed by atoms with Crippen molar-refractivity contribution in [3.63, 3.8) is 0 Å². The molecule has 2 aliphatic rings. The lowest BCUT2D eigenvalue weighted by Gasteiger charge is -2.24. The highest BCUT2D eigenvalue weighted by molar-refractivity contribution is 7.91. The normalized spacial score (nSPS) is 27.7. The number of rotatable bonds is 4. The lowest BCUT2D eigenvalue weighted by atomic mass is 10.1. The Kier molecular flexibility index (Phi) is 4.74. The zero-order valence-electron chi connectivity index (χ0n) is 12.1. The fraction of sp³-hybridized carbons (Fsp3) is 0.750. The molecular weight excluding hydrogens is 298 g/mol. The maximum Gasteiger partial charge on any atom is 0.500 e. The van der Waals surface area contributed by atoms with Crippen LogP contribution in [0.1, 0.15) is 19.3 Å². The first-order chi connectivity index (χ1) is 9.83. The number of imide groups is 1. The van der Waals surface area contributed by atoms with Crippen LogP contribution >= 0.6 is 0 Å². The quantitative estimate of drug-likeness (QED) is 0.681. The Bertz CT molecular complexity index is 565. The first-order valence-electron chi connectivity index (χ1n) is 6.82. The molecule has 3 amide bonds. The number of hydrogen-bond acceptors (Lipinski definition) is 5. The average Bonchev–Trinajstić information content (AvgIpc) is 2.48. The van der Waals surface area contributed by atoms with E-state index >= 15 is 0 Å². The maximum absolute atomic E-state index is 12.3. The SMILES string of the molecule is CN1C(=O)C(S(=O)(=O)NCC2CCCCO2)C=[N+](C)C1=O. The third-order valence-corrected chi connectivity index (χ3v) is 5.20. The summed E-state index contributed by atoms with van der Waals surface area (Å²) in [6.07, 6.45) is 3.73. The van der Waals surface area contributed by atoms with Crippen LogP contribution in [0.5, 0.6) is 0 Å². The van der Waals surface area contributed by atoms with Crippen LogP contribution in [-0.4, -0.2) is 74.6 Å². The number of carbonyl (C=O) groups excluding carboxylic acids is 2. The van der Waals surface area contributed by atoms with E-state index in [1.54, 1.807) is 0 Å². The second-order valence-corrected chi connectivity index (χ2v) is 7.13. The number of urea groups is 1. The van der Waals surface area contributed by atoms with Gasteiger partial charge in [-0.15, -0.1) is 0 Å². The van der Waals surface area contributed by atoms with E-state index in [1.807, 2.05) is 0 Å². The monoisotopic (exact) mass is 318 g/mol. The van der Waals surface area contributed by atoms with Crippen LogP contribution in [0.15, 0.2) is 0 Å². The minimum atomic E-state index is -3.89. The number of carbonyl (C=O) groups is 2. The maximum atomic E-state index is 12.3. The van der Waals surface area contributed by atoms with Crippen molar-refractivity contribution in [2.45, 2.75) is 30.6 Å². The molecule has 2 unspecified atom stereocenters. The first kappa shape index (κ1) is 16.1. The fourth-order valence-electron chi connectivity index (χ4n) is 2.33. The van der Waals surface area contributed by atoms with E-state index in [1.165, 1.54) is 14.1 Å². The van der Waals surface area contributed by atoms with E-state index in [9.17, 15) is 18.0 Å². The van der Waals surface area contributed by atoms with Crippen LogP contribution < -0.4 is 4.72 Å². The molecule has 0 spiro atoms. The van der Waals surface area contributed by atoms with Crippen molar-refractivity contribution < 1.29 is 27.3 Å². The summed E-state index contributed by atoms with van der Waals surface area (Å²) in [6.45, 7) is 0.766. The molecule has 1 N–H and O–H groups in total. The second-order valence-electron chi connectivity index (χ2n) is 5.24. The number of nitrogens with one attached hydrogen (secondary N) is 1. The van der Waals surface area contributed by atoms with Gasteiger partial charge in [-0.1, -0.05) is 0 Å². The standard InChI is InChI=1S/C12H20N3O5S/c1-14-8-10(11(16)15(2)12(14)17)21(18,19)13-7-9-5-3-4-6-20-9/h8-10,13H,3-7H2,1-2H3/q+1. The lowest BCUT2D eigenvalue weighted by molar-refractivity contribution is -0.399. The van der Waals surface area contributed by atoms with Gasteiger partial charge in [0, 0.05) is 13.2 Å². The van der Waals surface area contributed by atoms with E-state index in [0.717, 1.165) is 35.0 Å². The molecular formula is C12H20N3O5S+. The first-order valence-corrected chi connectivity index (χ1v) is 8.37. The number of amides is 3. The molecule has 118 valence electrons. The number of nitrogens with zero attached hydrogens (tertiary/aromatic N) is 2. The van der Waals surface area contributed by atoms with Crippen LogP contribution in [0.3, 0.4) is 0 Å². The second kappa shape index (κ2) is 6.20. The van der Waals surface area contributed by atoms with Gasteiger partial charge in [0.1, 0.15) is 6.21 Å². The zero-order chi connectivity index (χ0) is 15.6. The van der Waals surface area contributed by atoms with Crippen molar-refractivity contribution in [3.05, 3.63) is 0 Å². The highest BCUT2D eigenvalue weighted by atomic mass is 32.2. The summed E-state index contributed by atoms with van der Waals surface area (Å²) >= 11 is 0. The summed E-state index contributed by atoms with van der Waals surface area (Å²) in [6, 6.07) is -0.554. The van der Waals surface area contributed by atoms with Gasteiger partial charge in [-0.3, -0.25) is 0 Å². The Morgan fingerprint density at radius 3 is 2.76 bits per heavy atom. The Labute approximate surface area is 123 Å². The summed E-state index contributed by atoms with van der Waals surface area (Å²) < 4.78 is 33.5. The predicted octanol–water partition coefficient (Wildman–Crippen LogP) is -0.851. The molecule has 0 aliphatic carbocycles. The van der Waals surface area contributed by atoms with Gasteiger partial charge in [0.25, 0.3) is 0 Å². The Balaban J connectivity index is 2.08. The summed E-state index contributed by atoms with van der Waals surface area (Å²) in [5, 5.41) is -1.39. The van der Waals surface area contributed by atoms with Crippen molar-refractivity contribution in [1.82, 2.24) is 9.62 Å². The van der Waals surface area contributed by atoms with E-state index in [0.29, 0.717) is 6.61 Å². The van der Waals surface area contributed by atoms with E-state index < -0.39 is 27.2 Å². The summed E-state index contributed by atoms with van der Waals surface area (Å²) in [5.41, 5.74) is 0. The zero-order valence-corrected chi connectivity index (χ0v) is 12.9. The topological polar surface area (TPSA) is 95.8 Å². The molecule has 2 heterocycles. The summed E-state index contributed by atoms with van der Waals surface area (Å²) in [5.74, 6) is -0.754. The average molecular weight is 318 g/mol. The fourth-order valence-corrected chi connectivity index (χ4v) is 3.70.